The molecular weight excluding hydrogens is 280 g/mol. The summed E-state index contributed by atoms with van der Waals surface area (Å²) in [6, 6.07) is 7.46. The minimum Gasteiger partial charge on any atom is -0.458 e. The van der Waals surface area contributed by atoms with Gasteiger partial charge in [-0.15, -0.1) is 0 Å². The molecule has 1 aromatic carbocycles. The highest BCUT2D eigenvalue weighted by Gasteiger charge is 2.49. The Labute approximate surface area is 119 Å². The molecule has 1 atom stereocenters. The van der Waals surface area contributed by atoms with Gasteiger partial charge in [0.25, 0.3) is 0 Å². The molecule has 0 aliphatic rings. The molecule has 20 heavy (non-hydrogen) atoms. The third-order valence-corrected chi connectivity index (χ3v) is 4.77. The van der Waals surface area contributed by atoms with E-state index in [1.165, 1.54) is 12.1 Å². The summed E-state index contributed by atoms with van der Waals surface area (Å²) in [5, 5.41) is 0. The fourth-order valence-corrected chi connectivity index (χ4v) is 2.89. The number of esters is 1. The van der Waals surface area contributed by atoms with Gasteiger partial charge < -0.3 is 16.2 Å². The summed E-state index contributed by atoms with van der Waals surface area (Å²) < 4.78 is 30.1. The van der Waals surface area contributed by atoms with Gasteiger partial charge in [0.2, 0.25) is 14.7 Å². The van der Waals surface area contributed by atoms with E-state index < -0.39 is 32.8 Å². The van der Waals surface area contributed by atoms with Gasteiger partial charge in [-0.25, -0.2) is 13.2 Å². The van der Waals surface area contributed by atoms with Gasteiger partial charge in [0.1, 0.15) is 5.60 Å². The summed E-state index contributed by atoms with van der Waals surface area (Å²) in [4.78, 5) is 9.75. The number of ether oxygens (including phenoxy) is 1. The normalized spacial score (nSPS) is 15.4. The van der Waals surface area contributed by atoms with E-state index in [-0.39, 0.29) is 4.90 Å². The maximum Gasteiger partial charge on any atom is 0.344 e. The average molecular weight is 300 g/mol. The molecule has 0 heterocycles. The second-order valence-electron chi connectivity index (χ2n) is 5.41. The van der Waals surface area contributed by atoms with E-state index in [1.807, 2.05) is 0 Å². The highest BCUT2D eigenvalue weighted by Crippen LogP contribution is 2.24. The van der Waals surface area contributed by atoms with Crippen molar-refractivity contribution in [1.82, 2.24) is 0 Å². The van der Waals surface area contributed by atoms with E-state index in [4.69, 9.17) is 16.2 Å². The minimum absolute atomic E-state index is 0.0705. The van der Waals surface area contributed by atoms with Crippen molar-refractivity contribution in [1.29, 1.82) is 0 Å². The van der Waals surface area contributed by atoms with E-state index in [2.05, 4.69) is 0 Å². The summed E-state index contributed by atoms with van der Waals surface area (Å²) >= 11 is 0. The zero-order chi connectivity index (χ0) is 15.6. The van der Waals surface area contributed by atoms with Crippen LogP contribution in [0.5, 0.6) is 0 Å². The van der Waals surface area contributed by atoms with Crippen LogP contribution in [-0.4, -0.2) is 31.4 Å². The van der Waals surface area contributed by atoms with Gasteiger partial charge in [0.05, 0.1) is 4.90 Å². The summed E-state index contributed by atoms with van der Waals surface area (Å²) in [6.07, 6.45) is 0. The molecule has 1 unspecified atom stereocenters. The van der Waals surface area contributed by atoms with Crippen LogP contribution in [0.25, 0.3) is 0 Å². The Balaban J connectivity index is 3.27. The lowest BCUT2D eigenvalue weighted by Gasteiger charge is -2.29. The zero-order valence-electron chi connectivity index (χ0n) is 11.8. The molecule has 7 heteroatoms. The van der Waals surface area contributed by atoms with Crippen molar-refractivity contribution in [3.8, 4) is 0 Å². The molecule has 4 N–H and O–H groups in total. The number of sulfone groups is 1. The molecule has 6 nitrogen and oxygen atoms in total. The summed E-state index contributed by atoms with van der Waals surface area (Å²) in [5.74, 6) is -1.06. The van der Waals surface area contributed by atoms with Crippen molar-refractivity contribution in [2.75, 3.05) is 6.54 Å². The third-order valence-electron chi connectivity index (χ3n) is 2.58. The van der Waals surface area contributed by atoms with Crippen molar-refractivity contribution >= 4 is 15.8 Å². The molecule has 0 aromatic heterocycles. The van der Waals surface area contributed by atoms with Gasteiger partial charge in [0, 0.05) is 6.54 Å². The Morgan fingerprint density at radius 3 is 2.10 bits per heavy atom. The van der Waals surface area contributed by atoms with E-state index >= 15 is 0 Å². The summed E-state index contributed by atoms with van der Waals surface area (Å²) in [7, 11) is -4.14. The third kappa shape index (κ3) is 3.17. The predicted molar refractivity (Wildman–Crippen MR) is 75.4 cm³/mol. The second kappa shape index (κ2) is 5.51. The molecule has 0 spiro atoms. The molecule has 0 saturated heterocycles. The minimum atomic E-state index is -4.14. The van der Waals surface area contributed by atoms with Crippen LogP contribution in [-0.2, 0) is 19.4 Å². The lowest BCUT2D eigenvalue weighted by molar-refractivity contribution is -0.157. The number of carbonyl (C=O) groups excluding carboxylic acids is 1. The number of benzene rings is 1. The van der Waals surface area contributed by atoms with Gasteiger partial charge >= 0.3 is 5.97 Å². The number of nitrogens with two attached hydrogens (primary N) is 2. The lowest BCUT2D eigenvalue weighted by Crippen LogP contribution is -2.61. The quantitative estimate of drug-likeness (QED) is 0.779. The molecule has 0 saturated carbocycles. The Hall–Kier alpha value is -1.44. The SMILES string of the molecule is CC(C)(C)OC(=O)C(N)(CN)S(=O)(=O)c1ccccc1. The molecule has 1 aromatic rings. The zero-order valence-corrected chi connectivity index (χ0v) is 12.6. The molecule has 0 amide bonds. The van der Waals surface area contributed by atoms with Crippen molar-refractivity contribution in [3.05, 3.63) is 30.3 Å². The van der Waals surface area contributed by atoms with Crippen molar-refractivity contribution in [2.24, 2.45) is 11.5 Å². The number of hydrogen-bond donors (Lipinski definition) is 2. The highest BCUT2D eigenvalue weighted by atomic mass is 32.2. The first-order valence-electron chi connectivity index (χ1n) is 6.07. The highest BCUT2D eigenvalue weighted by molar-refractivity contribution is 7.93. The lowest BCUT2D eigenvalue weighted by atomic mass is 10.2. The van der Waals surface area contributed by atoms with Crippen LogP contribution in [0, 0.1) is 0 Å². The van der Waals surface area contributed by atoms with Gasteiger partial charge in [-0.2, -0.15) is 0 Å². The molecule has 0 bridgehead atoms. The molecule has 0 aliphatic carbocycles. The Morgan fingerprint density at radius 1 is 1.20 bits per heavy atom. The Bertz CT molecular complexity index is 578. The van der Waals surface area contributed by atoms with Crippen LogP contribution in [0.15, 0.2) is 35.2 Å². The molecule has 0 aliphatic heterocycles. The van der Waals surface area contributed by atoms with Crippen LogP contribution in [0.1, 0.15) is 20.8 Å². The fraction of sp³-hybridized carbons (Fsp3) is 0.462. The van der Waals surface area contributed by atoms with Crippen LogP contribution in [0.4, 0.5) is 0 Å². The van der Waals surface area contributed by atoms with Crippen LogP contribution in [0.3, 0.4) is 0 Å². The summed E-state index contributed by atoms with van der Waals surface area (Å²) in [5.41, 5.74) is 10.4. The van der Waals surface area contributed by atoms with Gasteiger partial charge in [-0.05, 0) is 32.9 Å². The van der Waals surface area contributed by atoms with Crippen LogP contribution < -0.4 is 11.5 Å². The monoisotopic (exact) mass is 300 g/mol. The smallest absolute Gasteiger partial charge is 0.344 e. The van der Waals surface area contributed by atoms with E-state index in [0.29, 0.717) is 0 Å². The van der Waals surface area contributed by atoms with Gasteiger partial charge in [-0.3, -0.25) is 0 Å². The predicted octanol–water partition coefficient (Wildman–Crippen LogP) is 0.416. The maximum absolute atomic E-state index is 12.5. The van der Waals surface area contributed by atoms with Gasteiger partial charge in [-0.1, -0.05) is 18.2 Å². The van der Waals surface area contributed by atoms with Crippen molar-refractivity contribution in [3.63, 3.8) is 0 Å². The second-order valence-corrected chi connectivity index (χ2v) is 7.62. The van der Waals surface area contributed by atoms with E-state index in [0.717, 1.165) is 0 Å². The molecule has 0 radical (unpaired) electrons. The summed E-state index contributed by atoms with van der Waals surface area (Å²) in [6.45, 7) is 4.30. The van der Waals surface area contributed by atoms with Crippen molar-refractivity contribution in [2.45, 2.75) is 36.1 Å². The van der Waals surface area contributed by atoms with Gasteiger partial charge in [0.15, 0.2) is 0 Å². The first-order chi connectivity index (χ1) is 9.04. The van der Waals surface area contributed by atoms with Crippen LogP contribution >= 0.6 is 0 Å². The average Bonchev–Trinajstić information content (AvgIpc) is 2.36. The topological polar surface area (TPSA) is 112 Å². The standard InChI is InChI=1S/C13H20N2O4S/c1-12(2,3)19-11(16)13(15,9-14)20(17,18)10-7-5-4-6-8-10/h4-8H,9,14-15H2,1-3H3. The Kier molecular flexibility index (Phi) is 4.58. The molecule has 1 rings (SSSR count). The largest absolute Gasteiger partial charge is 0.458 e. The fourth-order valence-electron chi connectivity index (χ4n) is 1.48. The number of hydrogen-bond acceptors (Lipinski definition) is 6. The van der Waals surface area contributed by atoms with E-state index in [1.54, 1.807) is 39.0 Å². The van der Waals surface area contributed by atoms with Crippen molar-refractivity contribution < 1.29 is 17.9 Å². The molecule has 0 fully saturated rings. The first kappa shape index (κ1) is 16.6. The van der Waals surface area contributed by atoms with Crippen LogP contribution in [0.2, 0.25) is 0 Å². The molecular formula is C13H20N2O4S. The van der Waals surface area contributed by atoms with E-state index in [9.17, 15) is 13.2 Å². The molecule has 112 valence electrons. The Morgan fingerprint density at radius 2 is 1.70 bits per heavy atom. The number of rotatable bonds is 4. The number of carbonyl (C=O) groups is 1. The maximum atomic E-state index is 12.5. The first-order valence-corrected chi connectivity index (χ1v) is 7.55.